The predicted molar refractivity (Wildman–Crippen MR) is 228 cm³/mol. The fourth-order valence-corrected chi connectivity index (χ4v) is 9.36. The van der Waals surface area contributed by atoms with Gasteiger partial charge in [-0.3, -0.25) is 29.0 Å². The van der Waals surface area contributed by atoms with Crippen molar-refractivity contribution in [3.05, 3.63) is 119 Å². The van der Waals surface area contributed by atoms with Gasteiger partial charge in [0, 0.05) is 46.6 Å². The Bertz CT molecular complexity index is 2320. The number of nitrogens with one attached hydrogen (secondary N) is 3. The summed E-state index contributed by atoms with van der Waals surface area (Å²) in [5.74, 6) is -0.451. The van der Waals surface area contributed by atoms with Gasteiger partial charge in [0.25, 0.3) is 0 Å². The van der Waals surface area contributed by atoms with Crippen molar-refractivity contribution in [3.63, 3.8) is 0 Å². The highest BCUT2D eigenvalue weighted by Crippen LogP contribution is 2.39. The lowest BCUT2D eigenvalue weighted by atomic mass is 10.0. The molecule has 3 N–H and O–H groups in total. The van der Waals surface area contributed by atoms with E-state index in [1.54, 1.807) is 9.80 Å². The number of carbonyl (C=O) groups excluding carboxylic acids is 4. The number of nitrogens with zero attached hydrogens (tertiary/aromatic N) is 4. The number of hydrogen-bond acceptors (Lipinski definition) is 6. The number of likely N-dealkylation sites (tertiary alicyclic amines) is 2. The minimum absolute atomic E-state index is 0.0579. The Balaban J connectivity index is 0.973. The second-order valence-electron chi connectivity index (χ2n) is 16.4. The van der Waals surface area contributed by atoms with Gasteiger partial charge in [-0.1, -0.05) is 66.7 Å². The van der Waals surface area contributed by atoms with E-state index in [0.29, 0.717) is 31.6 Å². The number of hydrogen-bond donors (Lipinski definition) is 3. The molecule has 5 aromatic rings. The summed E-state index contributed by atoms with van der Waals surface area (Å²) in [6.45, 7) is 1.10. The standard InChI is InChI=1S/C47H53N7O4/c1-51(2)42(30-14-7-5-8-15-30)46(57)53-26-12-20-39(53)44(55)48-33-22-24-35-32(28-33)18-11-19-36-37-29-34(23-25-38(37)50-41(35)36)49-45(56)40-21-13-27-54(40)47(58)43(52(3)4)31-16-9-6-10-17-31/h5-10,14-17,22-25,28-29,39-40,42-43,50H,11-13,18-21,26-27H2,1-4H3,(H,48,55)(H,49,56)/t39-,40-,42+,43+/m0/s1. The molecule has 11 heteroatoms. The summed E-state index contributed by atoms with van der Waals surface area (Å²) < 4.78 is 0. The number of aromatic nitrogens is 1. The molecular weight excluding hydrogens is 727 g/mol. The van der Waals surface area contributed by atoms with Crippen LogP contribution < -0.4 is 10.6 Å². The van der Waals surface area contributed by atoms with Crippen LogP contribution in [0.5, 0.6) is 0 Å². The second kappa shape index (κ2) is 16.6. The molecule has 1 aliphatic carbocycles. The lowest BCUT2D eigenvalue weighted by Gasteiger charge is -2.31. The second-order valence-corrected chi connectivity index (χ2v) is 16.4. The van der Waals surface area contributed by atoms with E-state index in [1.807, 2.05) is 123 Å². The van der Waals surface area contributed by atoms with Crippen molar-refractivity contribution < 1.29 is 19.2 Å². The SMILES string of the molecule is CN(C)[C@@H](C(=O)N1CCC[C@H]1C(=O)Nc1ccc2c(c1)CCCc1c-2[nH]c2ccc(NC(=O)[C@@H]3CCCN3C(=O)[C@@H](c3ccccc3)N(C)C)cc12)c1ccccc1. The molecule has 0 unspecified atom stereocenters. The normalized spacial score (nSPS) is 18.8. The zero-order valence-electron chi connectivity index (χ0n) is 33.8. The molecule has 11 nitrogen and oxygen atoms in total. The average molecular weight is 780 g/mol. The first kappa shape index (κ1) is 39.1. The fraction of sp³-hybridized carbons (Fsp3) is 0.362. The number of amides is 4. The van der Waals surface area contributed by atoms with Gasteiger partial charge in [-0.2, -0.15) is 0 Å². The van der Waals surface area contributed by atoms with Crippen LogP contribution in [0.1, 0.15) is 66.4 Å². The zero-order valence-corrected chi connectivity index (χ0v) is 33.8. The van der Waals surface area contributed by atoms with Crippen molar-refractivity contribution in [1.82, 2.24) is 24.6 Å². The van der Waals surface area contributed by atoms with E-state index < -0.39 is 24.2 Å². The fourth-order valence-electron chi connectivity index (χ4n) is 9.36. The van der Waals surface area contributed by atoms with E-state index in [2.05, 4.69) is 27.8 Å². The van der Waals surface area contributed by atoms with Gasteiger partial charge in [-0.25, -0.2) is 0 Å². The maximum Gasteiger partial charge on any atom is 0.247 e. The Morgan fingerprint density at radius 3 is 1.69 bits per heavy atom. The third-order valence-electron chi connectivity index (χ3n) is 12.1. The maximum atomic E-state index is 13.9. The Kier molecular flexibility index (Phi) is 11.2. The molecule has 2 saturated heterocycles. The minimum atomic E-state index is -0.541. The van der Waals surface area contributed by atoms with Gasteiger partial charge in [-0.15, -0.1) is 0 Å². The number of aryl methyl sites for hydroxylation is 2. The van der Waals surface area contributed by atoms with Crippen molar-refractivity contribution in [1.29, 1.82) is 0 Å². The molecule has 58 heavy (non-hydrogen) atoms. The van der Waals surface area contributed by atoms with Crippen LogP contribution in [0.2, 0.25) is 0 Å². The summed E-state index contributed by atoms with van der Waals surface area (Å²) in [6.07, 6.45) is 5.42. The molecule has 1 aromatic heterocycles. The van der Waals surface area contributed by atoms with Crippen LogP contribution in [0.25, 0.3) is 22.2 Å². The summed E-state index contributed by atoms with van der Waals surface area (Å²) in [5, 5.41) is 7.37. The van der Waals surface area contributed by atoms with Crippen LogP contribution in [0.4, 0.5) is 11.4 Å². The smallest absolute Gasteiger partial charge is 0.247 e. The minimum Gasteiger partial charge on any atom is -0.354 e. The molecule has 300 valence electrons. The molecule has 0 radical (unpaired) electrons. The van der Waals surface area contributed by atoms with Crippen LogP contribution in [0, 0.1) is 0 Å². The molecule has 3 aliphatic rings. The first-order valence-corrected chi connectivity index (χ1v) is 20.5. The largest absolute Gasteiger partial charge is 0.354 e. The first-order valence-electron chi connectivity index (χ1n) is 20.5. The molecule has 4 amide bonds. The van der Waals surface area contributed by atoms with E-state index in [1.165, 1.54) is 5.56 Å². The number of benzene rings is 4. The third-order valence-corrected chi connectivity index (χ3v) is 12.1. The number of fused-ring (bicyclic) bond motifs is 5. The van der Waals surface area contributed by atoms with Crippen LogP contribution in [0.15, 0.2) is 97.1 Å². The van der Waals surface area contributed by atoms with Crippen molar-refractivity contribution in [2.24, 2.45) is 0 Å². The van der Waals surface area contributed by atoms with Crippen molar-refractivity contribution in [2.45, 2.75) is 69.1 Å². The number of aromatic amines is 1. The molecule has 4 aromatic carbocycles. The third kappa shape index (κ3) is 7.64. The molecule has 3 heterocycles. The number of H-pyrrole nitrogens is 1. The number of likely N-dealkylation sites (N-methyl/N-ethyl adjacent to an activating group) is 2. The quantitative estimate of drug-likeness (QED) is 0.144. The monoisotopic (exact) mass is 779 g/mol. The summed E-state index contributed by atoms with van der Waals surface area (Å²) in [5.41, 5.74) is 8.72. The van der Waals surface area contributed by atoms with Crippen molar-refractivity contribution >= 4 is 45.9 Å². The van der Waals surface area contributed by atoms with E-state index in [9.17, 15) is 19.2 Å². The van der Waals surface area contributed by atoms with Crippen LogP contribution >= 0.6 is 0 Å². The lowest BCUT2D eigenvalue weighted by Crippen LogP contribution is -2.47. The molecule has 0 spiro atoms. The topological polar surface area (TPSA) is 121 Å². The summed E-state index contributed by atoms with van der Waals surface area (Å²) >= 11 is 0. The van der Waals surface area contributed by atoms with E-state index in [0.717, 1.165) is 76.6 Å². The summed E-state index contributed by atoms with van der Waals surface area (Å²) in [7, 11) is 7.59. The van der Waals surface area contributed by atoms with Gasteiger partial charge < -0.3 is 25.4 Å². The van der Waals surface area contributed by atoms with Gasteiger partial charge in [0.2, 0.25) is 23.6 Å². The molecular formula is C47H53N7O4. The zero-order chi connectivity index (χ0) is 40.5. The molecule has 0 saturated carbocycles. The molecule has 0 bridgehead atoms. The average Bonchev–Trinajstić information content (AvgIpc) is 3.96. The number of anilines is 2. The summed E-state index contributed by atoms with van der Waals surface area (Å²) in [6, 6.07) is 29.5. The summed E-state index contributed by atoms with van der Waals surface area (Å²) in [4.78, 5) is 66.4. The Morgan fingerprint density at radius 1 is 0.638 bits per heavy atom. The van der Waals surface area contributed by atoms with Crippen molar-refractivity contribution in [2.75, 3.05) is 51.9 Å². The highest BCUT2D eigenvalue weighted by Gasteiger charge is 2.40. The van der Waals surface area contributed by atoms with Crippen molar-refractivity contribution in [3.8, 4) is 11.3 Å². The van der Waals surface area contributed by atoms with Crippen LogP contribution in [-0.2, 0) is 32.0 Å². The highest BCUT2D eigenvalue weighted by molar-refractivity contribution is 6.02. The molecule has 2 aliphatic heterocycles. The maximum absolute atomic E-state index is 13.9. The number of rotatable bonds is 10. The van der Waals surface area contributed by atoms with E-state index in [4.69, 9.17) is 0 Å². The first-order chi connectivity index (χ1) is 28.1. The Hall–Kier alpha value is -5.78. The van der Waals surface area contributed by atoms with E-state index in [-0.39, 0.29) is 23.6 Å². The number of carbonyl (C=O) groups is 4. The molecule has 8 rings (SSSR count). The van der Waals surface area contributed by atoms with Gasteiger partial charge in [0.1, 0.15) is 24.2 Å². The van der Waals surface area contributed by atoms with Crippen LogP contribution in [-0.4, -0.2) is 102 Å². The lowest BCUT2D eigenvalue weighted by molar-refractivity contribution is -0.141. The predicted octanol–water partition coefficient (Wildman–Crippen LogP) is 6.79. The Morgan fingerprint density at radius 2 is 1.16 bits per heavy atom. The van der Waals surface area contributed by atoms with Gasteiger partial charge in [-0.05, 0) is 126 Å². The Labute approximate surface area is 340 Å². The molecule has 2 fully saturated rings. The van der Waals surface area contributed by atoms with Crippen LogP contribution in [0.3, 0.4) is 0 Å². The van der Waals surface area contributed by atoms with Gasteiger partial charge >= 0.3 is 0 Å². The molecule has 4 atom stereocenters. The highest BCUT2D eigenvalue weighted by atomic mass is 16.2. The van der Waals surface area contributed by atoms with E-state index >= 15 is 0 Å². The van der Waals surface area contributed by atoms with Gasteiger partial charge in [0.05, 0.1) is 0 Å². The van der Waals surface area contributed by atoms with Gasteiger partial charge in [0.15, 0.2) is 0 Å².